The van der Waals surface area contributed by atoms with Crippen LogP contribution in [0.25, 0.3) is 0 Å². The highest BCUT2D eigenvalue weighted by Gasteiger charge is 1.89. The summed E-state index contributed by atoms with van der Waals surface area (Å²) >= 11 is 0. The van der Waals surface area contributed by atoms with Gasteiger partial charge in [0.05, 0.1) is 0 Å². The van der Waals surface area contributed by atoms with Crippen LogP contribution in [-0.2, 0) is 0 Å². The molecule has 0 aromatic carbocycles. The summed E-state index contributed by atoms with van der Waals surface area (Å²) in [6, 6.07) is 0. The minimum atomic E-state index is 0. The molecule has 0 unspecified atom stereocenters. The standard InChI is InChI=1S/C10H22O.C/c1-2-3-4-5-6-7-8-9-10-11;/h11H,2-10H2,1H3;. The van der Waals surface area contributed by atoms with Crippen molar-refractivity contribution in [1.29, 1.82) is 0 Å². The highest BCUT2D eigenvalue weighted by molar-refractivity contribution is 4.44. The number of rotatable bonds is 8. The predicted octanol–water partition coefficient (Wildman–Crippen LogP) is 3.20. The lowest BCUT2D eigenvalue weighted by Gasteiger charge is -1.98. The van der Waals surface area contributed by atoms with E-state index in [0.29, 0.717) is 6.61 Å². The van der Waals surface area contributed by atoms with E-state index < -0.39 is 0 Å². The molecule has 0 spiro atoms. The van der Waals surface area contributed by atoms with Crippen LogP contribution in [0, 0.1) is 7.43 Å². The van der Waals surface area contributed by atoms with Crippen LogP contribution in [0.5, 0.6) is 0 Å². The third-order valence-electron chi connectivity index (χ3n) is 2.01. The number of unbranched alkanes of at least 4 members (excludes halogenated alkanes) is 7. The van der Waals surface area contributed by atoms with Gasteiger partial charge in [-0.25, -0.2) is 0 Å². The van der Waals surface area contributed by atoms with Crippen LogP contribution < -0.4 is 0 Å². The maximum atomic E-state index is 8.51. The number of aliphatic hydroxyl groups is 1. The SMILES string of the molecule is CCCCCCCCCCO.[C]. The van der Waals surface area contributed by atoms with E-state index in [1.165, 1.54) is 44.9 Å². The van der Waals surface area contributed by atoms with E-state index in [0.717, 1.165) is 6.42 Å². The van der Waals surface area contributed by atoms with Crippen LogP contribution in [0.3, 0.4) is 0 Å². The Morgan fingerprint density at radius 3 is 1.58 bits per heavy atom. The first-order valence-electron chi connectivity index (χ1n) is 5.02. The molecule has 1 heteroatoms. The molecule has 1 nitrogen and oxygen atoms in total. The third kappa shape index (κ3) is 12.6. The van der Waals surface area contributed by atoms with Gasteiger partial charge in [-0.15, -0.1) is 0 Å². The highest BCUT2D eigenvalue weighted by Crippen LogP contribution is 2.07. The number of aliphatic hydroxyl groups excluding tert-OH is 1. The molecule has 0 saturated carbocycles. The van der Waals surface area contributed by atoms with Gasteiger partial charge in [-0.2, -0.15) is 0 Å². The van der Waals surface area contributed by atoms with E-state index in [1.54, 1.807) is 0 Å². The quantitative estimate of drug-likeness (QED) is 0.555. The molecule has 0 aliphatic rings. The summed E-state index contributed by atoms with van der Waals surface area (Å²) in [6.45, 7) is 2.61. The predicted molar refractivity (Wildman–Crippen MR) is 52.9 cm³/mol. The van der Waals surface area contributed by atoms with E-state index in [1.807, 2.05) is 0 Å². The Balaban J connectivity index is 0. The van der Waals surface area contributed by atoms with Crippen molar-refractivity contribution >= 4 is 0 Å². The fraction of sp³-hybridized carbons (Fsp3) is 0.909. The van der Waals surface area contributed by atoms with Crippen molar-refractivity contribution in [3.8, 4) is 0 Å². The summed E-state index contributed by atoms with van der Waals surface area (Å²) in [5.41, 5.74) is 0. The topological polar surface area (TPSA) is 20.2 Å². The van der Waals surface area contributed by atoms with E-state index in [4.69, 9.17) is 5.11 Å². The van der Waals surface area contributed by atoms with Crippen LogP contribution in [-0.4, -0.2) is 11.7 Å². The van der Waals surface area contributed by atoms with Crippen LogP contribution in [0.2, 0.25) is 0 Å². The van der Waals surface area contributed by atoms with Gasteiger partial charge >= 0.3 is 0 Å². The first-order chi connectivity index (χ1) is 5.41. The molecule has 1 N–H and O–H groups in total. The molecule has 0 heterocycles. The minimum Gasteiger partial charge on any atom is -0.396 e. The molecule has 0 aliphatic heterocycles. The Kier molecular flexibility index (Phi) is 16.3. The maximum absolute atomic E-state index is 8.51. The molecule has 0 saturated heterocycles. The van der Waals surface area contributed by atoms with Crippen LogP contribution in [0.15, 0.2) is 0 Å². The van der Waals surface area contributed by atoms with Gasteiger partial charge in [0.15, 0.2) is 0 Å². The molecule has 0 rings (SSSR count). The van der Waals surface area contributed by atoms with Crippen molar-refractivity contribution in [2.45, 2.75) is 58.3 Å². The van der Waals surface area contributed by atoms with Gasteiger partial charge in [-0.05, 0) is 6.42 Å². The molecule has 0 atom stereocenters. The Bertz CT molecular complexity index is 54.0. The Morgan fingerprint density at radius 1 is 0.750 bits per heavy atom. The first-order valence-corrected chi connectivity index (χ1v) is 5.02. The number of hydrogen-bond donors (Lipinski definition) is 1. The zero-order valence-electron chi connectivity index (χ0n) is 8.31. The van der Waals surface area contributed by atoms with Gasteiger partial charge in [0.1, 0.15) is 0 Å². The highest BCUT2D eigenvalue weighted by atomic mass is 16.2. The smallest absolute Gasteiger partial charge is 0.0431 e. The van der Waals surface area contributed by atoms with E-state index in [-0.39, 0.29) is 7.43 Å². The van der Waals surface area contributed by atoms with Crippen molar-refractivity contribution in [1.82, 2.24) is 0 Å². The molecule has 0 aromatic heterocycles. The minimum absolute atomic E-state index is 0. The summed E-state index contributed by atoms with van der Waals surface area (Å²) in [6.07, 6.45) is 10.4. The van der Waals surface area contributed by atoms with Crippen LogP contribution >= 0.6 is 0 Å². The third-order valence-corrected chi connectivity index (χ3v) is 2.01. The van der Waals surface area contributed by atoms with Gasteiger partial charge in [0.2, 0.25) is 0 Å². The molecule has 0 amide bonds. The summed E-state index contributed by atoms with van der Waals surface area (Å²) in [4.78, 5) is 0. The van der Waals surface area contributed by atoms with Gasteiger partial charge in [-0.3, -0.25) is 0 Å². The summed E-state index contributed by atoms with van der Waals surface area (Å²) < 4.78 is 0. The average Bonchev–Trinajstić information content (AvgIpc) is 2.03. The van der Waals surface area contributed by atoms with Gasteiger partial charge in [0, 0.05) is 14.0 Å². The second kappa shape index (κ2) is 13.5. The lowest BCUT2D eigenvalue weighted by atomic mass is 10.1. The normalized spacial score (nSPS) is 9.50. The zero-order valence-corrected chi connectivity index (χ0v) is 8.31. The largest absolute Gasteiger partial charge is 0.396 e. The lowest BCUT2D eigenvalue weighted by molar-refractivity contribution is 0.282. The van der Waals surface area contributed by atoms with Crippen molar-refractivity contribution in [2.75, 3.05) is 6.61 Å². The molecule has 0 bridgehead atoms. The van der Waals surface area contributed by atoms with Crippen molar-refractivity contribution in [2.24, 2.45) is 0 Å². The molecule has 0 aliphatic carbocycles. The van der Waals surface area contributed by atoms with Crippen molar-refractivity contribution in [3.05, 3.63) is 7.43 Å². The summed E-state index contributed by atoms with van der Waals surface area (Å²) in [5, 5.41) is 8.51. The molecule has 0 fully saturated rings. The Morgan fingerprint density at radius 2 is 1.17 bits per heavy atom. The van der Waals surface area contributed by atoms with Gasteiger partial charge in [-0.1, -0.05) is 51.9 Å². The lowest BCUT2D eigenvalue weighted by Crippen LogP contribution is -1.83. The molecule has 12 heavy (non-hydrogen) atoms. The average molecular weight is 170 g/mol. The number of hydrogen-bond acceptors (Lipinski definition) is 1. The molecule has 72 valence electrons. The molecule has 0 aromatic rings. The first kappa shape index (κ1) is 14.5. The monoisotopic (exact) mass is 170 g/mol. The van der Waals surface area contributed by atoms with E-state index in [9.17, 15) is 0 Å². The summed E-state index contributed by atoms with van der Waals surface area (Å²) in [7, 11) is 0. The van der Waals surface area contributed by atoms with Crippen molar-refractivity contribution in [3.63, 3.8) is 0 Å². The Hall–Kier alpha value is -0.0400. The van der Waals surface area contributed by atoms with Gasteiger partial charge in [0.25, 0.3) is 0 Å². The molecule has 4 radical (unpaired) electrons. The molecular weight excluding hydrogens is 148 g/mol. The fourth-order valence-corrected chi connectivity index (χ4v) is 1.25. The maximum Gasteiger partial charge on any atom is 0.0431 e. The Labute approximate surface area is 78.2 Å². The molecular formula is C11H22O. The van der Waals surface area contributed by atoms with E-state index in [2.05, 4.69) is 6.92 Å². The van der Waals surface area contributed by atoms with Gasteiger partial charge < -0.3 is 5.11 Å². The zero-order chi connectivity index (χ0) is 8.36. The fourth-order valence-electron chi connectivity index (χ4n) is 1.25. The summed E-state index contributed by atoms with van der Waals surface area (Å²) in [5.74, 6) is 0. The second-order valence-electron chi connectivity index (χ2n) is 3.20. The van der Waals surface area contributed by atoms with Crippen LogP contribution in [0.4, 0.5) is 0 Å². The van der Waals surface area contributed by atoms with Crippen molar-refractivity contribution < 1.29 is 5.11 Å². The van der Waals surface area contributed by atoms with Crippen LogP contribution in [0.1, 0.15) is 58.3 Å². The van der Waals surface area contributed by atoms with E-state index >= 15 is 0 Å². The second-order valence-corrected chi connectivity index (χ2v) is 3.20.